The highest BCUT2D eigenvalue weighted by Crippen LogP contribution is 2.01. The first-order valence-electron chi connectivity index (χ1n) is 4.63. The number of rotatable bonds is 7. The van der Waals surface area contributed by atoms with Crippen LogP contribution in [-0.2, 0) is 9.59 Å². The average Bonchev–Trinajstić information content (AvgIpc) is 2.12. The Morgan fingerprint density at radius 3 is 2.57 bits per heavy atom. The Morgan fingerprint density at radius 1 is 1.50 bits per heavy atom. The monoisotopic (exact) mass is 219 g/mol. The molecular formula is C9H17NO3S. The molecule has 0 heterocycles. The van der Waals surface area contributed by atoms with Gasteiger partial charge in [-0.3, -0.25) is 4.79 Å². The Balaban J connectivity index is 3.95. The fraction of sp³-hybridized carbons (Fsp3) is 0.778. The summed E-state index contributed by atoms with van der Waals surface area (Å²) >= 11 is 1.57. The maximum absolute atomic E-state index is 11.1. The molecule has 0 saturated carbocycles. The van der Waals surface area contributed by atoms with Crippen LogP contribution >= 0.6 is 11.8 Å². The highest BCUT2D eigenvalue weighted by Gasteiger charge is 2.18. The molecule has 0 aromatic carbocycles. The second-order valence-electron chi connectivity index (χ2n) is 2.99. The second kappa shape index (κ2) is 7.67. The molecule has 0 aliphatic heterocycles. The van der Waals surface area contributed by atoms with Gasteiger partial charge in [-0.1, -0.05) is 6.92 Å². The van der Waals surface area contributed by atoms with Crippen LogP contribution in [-0.4, -0.2) is 35.0 Å². The van der Waals surface area contributed by atoms with Crippen LogP contribution in [0.5, 0.6) is 0 Å². The summed E-state index contributed by atoms with van der Waals surface area (Å²) in [5.41, 5.74) is 0. The molecule has 0 radical (unpaired) electrons. The number of thioether (sulfide) groups is 1. The quantitative estimate of drug-likeness (QED) is 0.673. The Bertz CT molecular complexity index is 196. The molecule has 82 valence electrons. The molecule has 1 amide bonds. The SMILES string of the molecule is CCCC(=O)NC(CCSC)C(=O)O. The third-order valence-corrected chi connectivity index (χ3v) is 2.36. The number of carbonyl (C=O) groups excluding carboxylic acids is 1. The lowest BCUT2D eigenvalue weighted by Crippen LogP contribution is -2.41. The molecular weight excluding hydrogens is 202 g/mol. The third kappa shape index (κ3) is 5.85. The first-order chi connectivity index (χ1) is 6.61. The van der Waals surface area contributed by atoms with Crippen molar-refractivity contribution in [2.24, 2.45) is 0 Å². The summed E-state index contributed by atoms with van der Waals surface area (Å²) in [7, 11) is 0. The van der Waals surface area contributed by atoms with Crippen molar-refractivity contribution in [3.8, 4) is 0 Å². The van der Waals surface area contributed by atoms with Gasteiger partial charge in [0, 0.05) is 6.42 Å². The molecule has 0 aliphatic carbocycles. The van der Waals surface area contributed by atoms with Gasteiger partial charge in [-0.2, -0.15) is 11.8 Å². The fourth-order valence-corrected chi connectivity index (χ4v) is 1.46. The van der Waals surface area contributed by atoms with Gasteiger partial charge in [0.25, 0.3) is 0 Å². The van der Waals surface area contributed by atoms with E-state index in [0.717, 1.165) is 12.2 Å². The van der Waals surface area contributed by atoms with E-state index < -0.39 is 12.0 Å². The van der Waals surface area contributed by atoms with Crippen LogP contribution in [0.15, 0.2) is 0 Å². The number of amides is 1. The number of carboxylic acids is 1. The summed E-state index contributed by atoms with van der Waals surface area (Å²) < 4.78 is 0. The molecule has 0 fully saturated rings. The molecule has 0 aliphatic rings. The van der Waals surface area contributed by atoms with Gasteiger partial charge in [0.15, 0.2) is 0 Å². The van der Waals surface area contributed by atoms with Crippen LogP contribution in [0.25, 0.3) is 0 Å². The van der Waals surface area contributed by atoms with E-state index in [1.54, 1.807) is 11.8 Å². The highest BCUT2D eigenvalue weighted by atomic mass is 32.2. The lowest BCUT2D eigenvalue weighted by molar-refractivity contribution is -0.141. The molecule has 0 aromatic rings. The second-order valence-corrected chi connectivity index (χ2v) is 3.98. The van der Waals surface area contributed by atoms with Gasteiger partial charge in [0.1, 0.15) is 6.04 Å². The Kier molecular flexibility index (Phi) is 7.28. The zero-order valence-corrected chi connectivity index (χ0v) is 9.39. The minimum Gasteiger partial charge on any atom is -0.480 e. The number of hydrogen-bond donors (Lipinski definition) is 2. The van der Waals surface area contributed by atoms with Crippen molar-refractivity contribution in [3.63, 3.8) is 0 Å². The van der Waals surface area contributed by atoms with E-state index >= 15 is 0 Å². The molecule has 0 rings (SSSR count). The van der Waals surface area contributed by atoms with E-state index in [9.17, 15) is 9.59 Å². The van der Waals surface area contributed by atoms with E-state index in [1.807, 2.05) is 13.2 Å². The van der Waals surface area contributed by atoms with E-state index in [1.165, 1.54) is 0 Å². The van der Waals surface area contributed by atoms with Crippen molar-refractivity contribution in [2.45, 2.75) is 32.2 Å². The van der Waals surface area contributed by atoms with Gasteiger partial charge in [-0.25, -0.2) is 4.79 Å². The normalized spacial score (nSPS) is 12.1. The predicted molar refractivity (Wildman–Crippen MR) is 57.5 cm³/mol. The van der Waals surface area contributed by atoms with Crippen LogP contribution in [0.3, 0.4) is 0 Å². The molecule has 0 saturated heterocycles. The highest BCUT2D eigenvalue weighted by molar-refractivity contribution is 7.98. The van der Waals surface area contributed by atoms with E-state index in [-0.39, 0.29) is 5.91 Å². The van der Waals surface area contributed by atoms with Crippen molar-refractivity contribution < 1.29 is 14.7 Å². The maximum Gasteiger partial charge on any atom is 0.326 e. The van der Waals surface area contributed by atoms with Gasteiger partial charge in [0.2, 0.25) is 5.91 Å². The van der Waals surface area contributed by atoms with Gasteiger partial charge >= 0.3 is 5.97 Å². The zero-order chi connectivity index (χ0) is 11.0. The summed E-state index contributed by atoms with van der Waals surface area (Å²) in [5, 5.41) is 11.3. The van der Waals surface area contributed by atoms with Crippen LogP contribution in [0.2, 0.25) is 0 Å². The number of carboxylic acid groups (broad SMARTS) is 1. The first kappa shape index (κ1) is 13.3. The number of carbonyl (C=O) groups is 2. The summed E-state index contributed by atoms with van der Waals surface area (Å²) in [4.78, 5) is 21.9. The molecule has 0 aromatic heterocycles. The summed E-state index contributed by atoms with van der Waals surface area (Å²) in [5.74, 6) is -0.395. The van der Waals surface area contributed by atoms with Gasteiger partial charge < -0.3 is 10.4 Å². The van der Waals surface area contributed by atoms with Crippen LogP contribution < -0.4 is 5.32 Å². The van der Waals surface area contributed by atoms with Crippen molar-refractivity contribution >= 4 is 23.6 Å². The van der Waals surface area contributed by atoms with E-state index in [2.05, 4.69) is 5.32 Å². The largest absolute Gasteiger partial charge is 0.480 e. The Hall–Kier alpha value is -0.710. The smallest absolute Gasteiger partial charge is 0.326 e. The van der Waals surface area contributed by atoms with Crippen molar-refractivity contribution in [3.05, 3.63) is 0 Å². The van der Waals surface area contributed by atoms with Crippen LogP contribution in [0.1, 0.15) is 26.2 Å². The first-order valence-corrected chi connectivity index (χ1v) is 6.02. The number of hydrogen-bond acceptors (Lipinski definition) is 3. The van der Waals surface area contributed by atoms with Crippen LogP contribution in [0.4, 0.5) is 0 Å². The lowest BCUT2D eigenvalue weighted by Gasteiger charge is -2.13. The van der Waals surface area contributed by atoms with E-state index in [0.29, 0.717) is 12.8 Å². The van der Waals surface area contributed by atoms with Crippen LogP contribution in [0, 0.1) is 0 Å². The lowest BCUT2D eigenvalue weighted by atomic mass is 10.2. The maximum atomic E-state index is 11.1. The molecule has 14 heavy (non-hydrogen) atoms. The Morgan fingerprint density at radius 2 is 2.14 bits per heavy atom. The van der Waals surface area contributed by atoms with Crippen molar-refractivity contribution in [1.29, 1.82) is 0 Å². The zero-order valence-electron chi connectivity index (χ0n) is 8.58. The molecule has 5 heteroatoms. The third-order valence-electron chi connectivity index (χ3n) is 1.72. The number of aliphatic carboxylic acids is 1. The molecule has 1 atom stereocenters. The molecule has 2 N–H and O–H groups in total. The summed E-state index contributed by atoms with van der Waals surface area (Å²) in [6, 6.07) is -0.735. The standard InChI is InChI=1S/C9H17NO3S/c1-3-4-8(11)10-7(9(12)13)5-6-14-2/h7H,3-6H2,1-2H3,(H,10,11)(H,12,13). The minimum absolute atomic E-state index is 0.180. The predicted octanol–water partition coefficient (Wildman–Crippen LogP) is 1.11. The Labute approximate surface area is 88.4 Å². The summed E-state index contributed by atoms with van der Waals surface area (Å²) in [6.07, 6.45) is 3.52. The molecule has 1 unspecified atom stereocenters. The van der Waals surface area contributed by atoms with Gasteiger partial charge in [0.05, 0.1) is 0 Å². The molecule has 4 nitrogen and oxygen atoms in total. The van der Waals surface area contributed by atoms with Gasteiger partial charge in [-0.15, -0.1) is 0 Å². The van der Waals surface area contributed by atoms with Crippen molar-refractivity contribution in [1.82, 2.24) is 5.32 Å². The van der Waals surface area contributed by atoms with Crippen molar-refractivity contribution in [2.75, 3.05) is 12.0 Å². The van der Waals surface area contributed by atoms with Gasteiger partial charge in [-0.05, 0) is 24.9 Å². The average molecular weight is 219 g/mol. The molecule has 0 bridgehead atoms. The van der Waals surface area contributed by atoms with E-state index in [4.69, 9.17) is 5.11 Å². The topological polar surface area (TPSA) is 66.4 Å². The number of nitrogens with one attached hydrogen (secondary N) is 1. The summed E-state index contributed by atoms with van der Waals surface area (Å²) in [6.45, 7) is 1.89. The fourth-order valence-electron chi connectivity index (χ4n) is 0.987. The molecule has 0 spiro atoms. The minimum atomic E-state index is -0.955.